The summed E-state index contributed by atoms with van der Waals surface area (Å²) in [6, 6.07) is 65.6. The Morgan fingerprint density at radius 1 is 0.339 bits per heavy atom. The number of fused-ring (bicyclic) bond motifs is 6. The zero-order valence-corrected chi connectivity index (χ0v) is 30.2. The van der Waals surface area contributed by atoms with Crippen molar-refractivity contribution in [2.45, 2.75) is 0 Å². The summed E-state index contributed by atoms with van der Waals surface area (Å²) in [5, 5.41) is 4.74. The summed E-state index contributed by atoms with van der Waals surface area (Å²) in [7, 11) is 0. The molecule has 0 saturated carbocycles. The van der Waals surface area contributed by atoms with Crippen LogP contribution in [0.1, 0.15) is 0 Å². The molecule has 0 bridgehead atoms. The Kier molecular flexibility index (Phi) is 7.38. The van der Waals surface area contributed by atoms with Gasteiger partial charge >= 0.3 is 0 Å². The van der Waals surface area contributed by atoms with Crippen LogP contribution in [0.5, 0.6) is 0 Å². The number of nitrogens with zero attached hydrogens (tertiary/aromatic N) is 6. The van der Waals surface area contributed by atoms with Gasteiger partial charge in [0.05, 0.1) is 33.5 Å². The summed E-state index contributed by atoms with van der Waals surface area (Å²) in [6.45, 7) is 0. The highest BCUT2D eigenvalue weighted by Gasteiger charge is 2.20. The van der Waals surface area contributed by atoms with Gasteiger partial charge in [-0.25, -0.2) is 19.9 Å². The van der Waals surface area contributed by atoms with Crippen LogP contribution in [0, 0.1) is 0 Å². The topological polar surface area (TPSA) is 61.4 Å². The maximum absolute atomic E-state index is 5.29. The molecule has 0 amide bonds. The summed E-state index contributed by atoms with van der Waals surface area (Å²) < 4.78 is 4.66. The third kappa shape index (κ3) is 5.11. The summed E-state index contributed by atoms with van der Waals surface area (Å²) in [5.74, 6) is 1.22. The van der Waals surface area contributed by atoms with Gasteiger partial charge in [-0.2, -0.15) is 0 Å². The predicted octanol–water partition coefficient (Wildman–Crippen LogP) is 12.1. The highest BCUT2D eigenvalue weighted by atomic mass is 15.0. The number of pyridine rings is 1. The number of hydrogen-bond acceptors (Lipinski definition) is 4. The van der Waals surface area contributed by atoms with Gasteiger partial charge in [0.1, 0.15) is 6.33 Å². The van der Waals surface area contributed by atoms with E-state index in [0.29, 0.717) is 11.6 Å². The monoisotopic (exact) mass is 716 g/mol. The van der Waals surface area contributed by atoms with Crippen molar-refractivity contribution in [2.24, 2.45) is 0 Å². The maximum atomic E-state index is 5.29. The lowest BCUT2D eigenvalue weighted by atomic mass is 10.0. The van der Waals surface area contributed by atoms with Gasteiger partial charge in [-0.1, -0.05) is 127 Å². The Hall–Kier alpha value is -7.70. The molecule has 0 fully saturated rings. The van der Waals surface area contributed by atoms with Crippen LogP contribution in [-0.4, -0.2) is 29.1 Å². The minimum atomic E-state index is 0.601. The van der Waals surface area contributed by atoms with Gasteiger partial charge in [0, 0.05) is 55.2 Å². The summed E-state index contributed by atoms with van der Waals surface area (Å²) in [6.07, 6.45) is 1.62. The molecule has 0 atom stereocenters. The van der Waals surface area contributed by atoms with Gasteiger partial charge in [0.2, 0.25) is 0 Å². The Morgan fingerprint density at radius 3 is 1.52 bits per heavy atom. The van der Waals surface area contributed by atoms with Crippen LogP contribution < -0.4 is 0 Å². The number of rotatable bonds is 6. The molecular formula is C50H32N6. The zero-order chi connectivity index (χ0) is 37.0. The van der Waals surface area contributed by atoms with E-state index in [1.165, 1.54) is 21.7 Å². The summed E-state index contributed by atoms with van der Waals surface area (Å²) in [5.41, 5.74) is 12.4. The Labute approximate surface area is 322 Å². The first-order valence-corrected chi connectivity index (χ1v) is 18.7. The Balaban J connectivity index is 1.02. The molecule has 11 aromatic rings. The first-order chi connectivity index (χ1) is 27.8. The molecule has 4 aromatic heterocycles. The fourth-order valence-electron chi connectivity index (χ4n) is 8.24. The first-order valence-electron chi connectivity index (χ1n) is 18.7. The van der Waals surface area contributed by atoms with E-state index >= 15 is 0 Å². The van der Waals surface area contributed by atoms with Crippen molar-refractivity contribution < 1.29 is 0 Å². The molecule has 0 aliphatic rings. The van der Waals surface area contributed by atoms with E-state index in [-0.39, 0.29) is 0 Å². The normalized spacial score (nSPS) is 11.6. The van der Waals surface area contributed by atoms with E-state index < -0.39 is 0 Å². The van der Waals surface area contributed by atoms with Crippen LogP contribution in [0.3, 0.4) is 0 Å². The van der Waals surface area contributed by atoms with Crippen LogP contribution in [0.25, 0.3) is 100 Å². The fraction of sp³-hybridized carbons (Fsp3) is 0. The van der Waals surface area contributed by atoms with Crippen LogP contribution in [0.15, 0.2) is 194 Å². The number of benzene rings is 7. The molecule has 6 nitrogen and oxygen atoms in total. The van der Waals surface area contributed by atoms with Gasteiger partial charge in [0.25, 0.3) is 0 Å². The molecule has 262 valence electrons. The number of hydrogen-bond donors (Lipinski definition) is 0. The summed E-state index contributed by atoms with van der Waals surface area (Å²) in [4.78, 5) is 19.8. The molecule has 6 heteroatoms. The van der Waals surface area contributed by atoms with E-state index in [1.807, 2.05) is 18.2 Å². The van der Waals surface area contributed by atoms with Crippen molar-refractivity contribution in [3.63, 3.8) is 0 Å². The molecular weight excluding hydrogens is 685 g/mol. The molecule has 0 spiro atoms. The van der Waals surface area contributed by atoms with Crippen molar-refractivity contribution in [2.75, 3.05) is 0 Å². The molecule has 11 rings (SSSR count). The van der Waals surface area contributed by atoms with Crippen molar-refractivity contribution >= 4 is 43.6 Å². The second kappa shape index (κ2) is 13.0. The highest BCUT2D eigenvalue weighted by Crippen LogP contribution is 2.39. The minimum absolute atomic E-state index is 0.601. The number of aromatic nitrogens is 6. The second-order valence-corrected chi connectivity index (χ2v) is 13.9. The molecule has 4 heterocycles. The summed E-state index contributed by atoms with van der Waals surface area (Å²) >= 11 is 0. The van der Waals surface area contributed by atoms with E-state index in [1.54, 1.807) is 6.33 Å². The quantitative estimate of drug-likeness (QED) is 0.172. The average Bonchev–Trinajstić information content (AvgIpc) is 3.81. The predicted molar refractivity (Wildman–Crippen MR) is 228 cm³/mol. The molecule has 0 unspecified atom stereocenters. The molecule has 0 N–H and O–H groups in total. The fourth-order valence-corrected chi connectivity index (χ4v) is 8.24. The van der Waals surface area contributed by atoms with Crippen LogP contribution in [0.4, 0.5) is 0 Å². The van der Waals surface area contributed by atoms with Crippen molar-refractivity contribution in [3.05, 3.63) is 194 Å². The molecule has 0 aliphatic carbocycles. The Bertz CT molecular complexity index is 3040. The lowest BCUT2D eigenvalue weighted by molar-refractivity contribution is 1.06. The molecule has 7 aromatic carbocycles. The third-order valence-electron chi connectivity index (χ3n) is 10.7. The van der Waals surface area contributed by atoms with Crippen molar-refractivity contribution in [1.82, 2.24) is 29.1 Å². The SMILES string of the molecule is c1ccc(-n2c3ccccc3c3cccc(-c4cccc(-c5cccc(-c6ncnc(-c7cccc8c9ccccc9n(-c9ccccc9)c78)n6)c5)n4)c32)cc1. The molecule has 0 radical (unpaired) electrons. The van der Waals surface area contributed by atoms with E-state index in [0.717, 1.165) is 67.0 Å². The van der Waals surface area contributed by atoms with Crippen LogP contribution in [-0.2, 0) is 0 Å². The molecule has 0 saturated heterocycles. The van der Waals surface area contributed by atoms with E-state index in [4.69, 9.17) is 15.0 Å². The lowest BCUT2D eigenvalue weighted by Gasteiger charge is -2.12. The van der Waals surface area contributed by atoms with Crippen LogP contribution >= 0.6 is 0 Å². The third-order valence-corrected chi connectivity index (χ3v) is 10.7. The molecule has 56 heavy (non-hydrogen) atoms. The van der Waals surface area contributed by atoms with Crippen LogP contribution in [0.2, 0.25) is 0 Å². The van der Waals surface area contributed by atoms with E-state index in [9.17, 15) is 0 Å². The largest absolute Gasteiger partial charge is 0.309 e. The van der Waals surface area contributed by atoms with E-state index in [2.05, 4.69) is 184 Å². The standard InChI is InChI=1S/C50H32N6/c1-3-17-35(18-4-1)55-45-29-9-7-21-37(45)39-23-12-25-41(47(39)55)44-28-14-27-43(53-44)33-15-11-16-34(31-33)49-51-32-52-50(54-49)42-26-13-24-40-38-22-8-10-30-46(38)56(48(40)42)36-19-5-2-6-20-36/h1-32H. The van der Waals surface area contributed by atoms with Gasteiger partial charge in [-0.15, -0.1) is 0 Å². The second-order valence-electron chi connectivity index (χ2n) is 13.9. The number of para-hydroxylation sites is 6. The van der Waals surface area contributed by atoms with Gasteiger partial charge in [-0.3, -0.25) is 0 Å². The van der Waals surface area contributed by atoms with Gasteiger partial charge in [-0.05, 0) is 60.7 Å². The van der Waals surface area contributed by atoms with Gasteiger partial charge < -0.3 is 9.13 Å². The minimum Gasteiger partial charge on any atom is -0.309 e. The van der Waals surface area contributed by atoms with Gasteiger partial charge in [0.15, 0.2) is 11.6 Å². The zero-order valence-electron chi connectivity index (χ0n) is 30.2. The molecule has 0 aliphatic heterocycles. The maximum Gasteiger partial charge on any atom is 0.165 e. The lowest BCUT2D eigenvalue weighted by Crippen LogP contribution is -1.99. The Morgan fingerprint density at radius 2 is 0.839 bits per heavy atom. The van der Waals surface area contributed by atoms with Crippen molar-refractivity contribution in [1.29, 1.82) is 0 Å². The average molecular weight is 717 g/mol. The highest BCUT2D eigenvalue weighted by molar-refractivity contribution is 6.14. The smallest absolute Gasteiger partial charge is 0.165 e. The first kappa shape index (κ1) is 31.8. The van der Waals surface area contributed by atoms with Crippen molar-refractivity contribution in [3.8, 4) is 56.7 Å².